The number of nitrogens with zero attached hydrogens (tertiary/aromatic N) is 5. The van der Waals surface area contributed by atoms with Gasteiger partial charge in [-0.2, -0.15) is 0 Å². The number of nitro groups is 1. The minimum Gasteiger partial charge on any atom is -0.368 e. The number of rotatable bonds is 5. The van der Waals surface area contributed by atoms with Gasteiger partial charge in [0.15, 0.2) is 0 Å². The third-order valence-corrected chi connectivity index (χ3v) is 4.72. The molecule has 0 bridgehead atoms. The minimum absolute atomic E-state index is 0.0737. The van der Waals surface area contributed by atoms with E-state index in [2.05, 4.69) is 41.1 Å². The Balaban J connectivity index is 1.52. The maximum atomic E-state index is 12.5. The molecule has 1 aromatic carbocycles. The Bertz CT molecular complexity index is 809. The number of aromatic nitrogens is 2. The Morgan fingerprint density at radius 3 is 2.58 bits per heavy atom. The zero-order chi connectivity index (χ0) is 18.7. The summed E-state index contributed by atoms with van der Waals surface area (Å²) in [5.74, 6) is 0.445. The van der Waals surface area contributed by atoms with E-state index >= 15 is 0 Å². The van der Waals surface area contributed by atoms with E-state index in [1.807, 2.05) is 4.90 Å². The van der Waals surface area contributed by atoms with Crippen molar-refractivity contribution in [3.63, 3.8) is 0 Å². The SMILES string of the molecule is Cc1cccc(N2CCN(C(=O)CCn3cc([N+](=O)[O-])nc3C)CC2)c1. The summed E-state index contributed by atoms with van der Waals surface area (Å²) in [4.78, 5) is 30.8. The maximum Gasteiger partial charge on any atom is 0.381 e. The first kappa shape index (κ1) is 17.9. The van der Waals surface area contributed by atoms with Crippen LogP contribution in [0.1, 0.15) is 17.8 Å². The van der Waals surface area contributed by atoms with Gasteiger partial charge in [0, 0.05) is 51.8 Å². The van der Waals surface area contributed by atoms with Crippen molar-refractivity contribution in [3.8, 4) is 0 Å². The van der Waals surface area contributed by atoms with Crippen LogP contribution in [-0.2, 0) is 11.3 Å². The molecule has 3 rings (SSSR count). The van der Waals surface area contributed by atoms with Crippen molar-refractivity contribution in [2.45, 2.75) is 26.8 Å². The second kappa shape index (κ2) is 7.55. The molecule has 0 radical (unpaired) electrons. The van der Waals surface area contributed by atoms with E-state index in [1.54, 1.807) is 11.5 Å². The highest BCUT2D eigenvalue weighted by atomic mass is 16.6. The van der Waals surface area contributed by atoms with Crippen molar-refractivity contribution in [3.05, 3.63) is 52.0 Å². The zero-order valence-electron chi connectivity index (χ0n) is 15.1. The van der Waals surface area contributed by atoms with Crippen LogP contribution in [0, 0.1) is 24.0 Å². The average Bonchev–Trinajstić information content (AvgIpc) is 3.01. The first-order chi connectivity index (χ1) is 12.4. The number of amides is 1. The zero-order valence-corrected chi connectivity index (χ0v) is 15.1. The van der Waals surface area contributed by atoms with Crippen molar-refractivity contribution in [1.29, 1.82) is 0 Å². The number of hydrogen-bond acceptors (Lipinski definition) is 5. The van der Waals surface area contributed by atoms with Crippen LogP contribution in [0.15, 0.2) is 30.5 Å². The first-order valence-electron chi connectivity index (χ1n) is 8.71. The molecule has 0 N–H and O–H groups in total. The quantitative estimate of drug-likeness (QED) is 0.605. The molecule has 0 spiro atoms. The molecule has 2 aromatic rings. The van der Waals surface area contributed by atoms with E-state index in [0.29, 0.717) is 31.9 Å². The molecule has 8 heteroatoms. The lowest BCUT2D eigenvalue weighted by Gasteiger charge is -2.36. The molecule has 1 saturated heterocycles. The molecule has 0 aliphatic carbocycles. The van der Waals surface area contributed by atoms with Gasteiger partial charge in [-0.25, -0.2) is 0 Å². The summed E-state index contributed by atoms with van der Waals surface area (Å²) in [7, 11) is 0. The summed E-state index contributed by atoms with van der Waals surface area (Å²) < 4.78 is 1.67. The summed E-state index contributed by atoms with van der Waals surface area (Å²) in [5, 5.41) is 10.8. The molecular formula is C18H23N5O3. The number of carbonyl (C=O) groups is 1. The number of anilines is 1. The molecule has 8 nitrogen and oxygen atoms in total. The molecule has 1 fully saturated rings. The largest absolute Gasteiger partial charge is 0.381 e. The third-order valence-electron chi connectivity index (χ3n) is 4.72. The number of carbonyl (C=O) groups excluding carboxylic acids is 1. The van der Waals surface area contributed by atoms with E-state index in [9.17, 15) is 14.9 Å². The highest BCUT2D eigenvalue weighted by molar-refractivity contribution is 5.76. The van der Waals surface area contributed by atoms with Crippen LogP contribution < -0.4 is 4.90 Å². The summed E-state index contributed by atoms with van der Waals surface area (Å²) in [6.07, 6.45) is 1.71. The number of hydrogen-bond donors (Lipinski definition) is 0. The van der Waals surface area contributed by atoms with Gasteiger partial charge in [0.25, 0.3) is 0 Å². The molecule has 1 aliphatic rings. The van der Waals surface area contributed by atoms with E-state index < -0.39 is 4.92 Å². The van der Waals surface area contributed by atoms with Gasteiger partial charge >= 0.3 is 5.82 Å². The summed E-state index contributed by atoms with van der Waals surface area (Å²) in [6, 6.07) is 8.38. The predicted molar refractivity (Wildman–Crippen MR) is 98.2 cm³/mol. The van der Waals surface area contributed by atoms with Crippen LogP contribution in [0.4, 0.5) is 11.5 Å². The Morgan fingerprint density at radius 1 is 1.23 bits per heavy atom. The molecular weight excluding hydrogens is 334 g/mol. The normalized spacial score (nSPS) is 14.5. The summed E-state index contributed by atoms with van der Waals surface area (Å²) >= 11 is 0. The number of aryl methyl sites for hydroxylation is 3. The topological polar surface area (TPSA) is 84.5 Å². The fourth-order valence-corrected chi connectivity index (χ4v) is 3.22. The smallest absolute Gasteiger partial charge is 0.368 e. The number of benzene rings is 1. The lowest BCUT2D eigenvalue weighted by atomic mass is 10.2. The molecule has 2 heterocycles. The monoisotopic (exact) mass is 357 g/mol. The van der Waals surface area contributed by atoms with Crippen LogP contribution in [-0.4, -0.2) is 51.5 Å². The van der Waals surface area contributed by atoms with Crippen molar-refractivity contribution >= 4 is 17.4 Å². The van der Waals surface area contributed by atoms with Crippen LogP contribution in [0.25, 0.3) is 0 Å². The third kappa shape index (κ3) is 4.01. The number of imidazole rings is 1. The Labute approximate surface area is 152 Å². The number of piperazine rings is 1. The van der Waals surface area contributed by atoms with Gasteiger partial charge in [0.1, 0.15) is 6.20 Å². The lowest BCUT2D eigenvalue weighted by molar-refractivity contribution is -0.389. The molecule has 138 valence electrons. The van der Waals surface area contributed by atoms with E-state index in [0.717, 1.165) is 13.1 Å². The Kier molecular flexibility index (Phi) is 5.20. The van der Waals surface area contributed by atoms with Gasteiger partial charge in [-0.1, -0.05) is 12.1 Å². The van der Waals surface area contributed by atoms with Gasteiger partial charge < -0.3 is 24.5 Å². The molecule has 0 atom stereocenters. The molecule has 1 aromatic heterocycles. The lowest BCUT2D eigenvalue weighted by Crippen LogP contribution is -2.49. The maximum absolute atomic E-state index is 12.5. The van der Waals surface area contributed by atoms with Gasteiger partial charge in [0.05, 0.1) is 0 Å². The first-order valence-corrected chi connectivity index (χ1v) is 8.71. The molecule has 26 heavy (non-hydrogen) atoms. The van der Waals surface area contributed by atoms with Crippen LogP contribution >= 0.6 is 0 Å². The van der Waals surface area contributed by atoms with Crippen LogP contribution in [0.2, 0.25) is 0 Å². The second-order valence-electron chi connectivity index (χ2n) is 6.55. The highest BCUT2D eigenvalue weighted by Gasteiger charge is 2.22. The van der Waals surface area contributed by atoms with Gasteiger partial charge in [-0.3, -0.25) is 4.79 Å². The Hall–Kier alpha value is -2.90. The molecule has 0 saturated carbocycles. The fourth-order valence-electron chi connectivity index (χ4n) is 3.22. The van der Waals surface area contributed by atoms with Gasteiger partial charge in [-0.05, 0) is 34.5 Å². The van der Waals surface area contributed by atoms with E-state index in [1.165, 1.54) is 17.4 Å². The average molecular weight is 357 g/mol. The summed E-state index contributed by atoms with van der Waals surface area (Å²) in [6.45, 7) is 7.19. The molecule has 0 unspecified atom stereocenters. The second-order valence-corrected chi connectivity index (χ2v) is 6.55. The van der Waals surface area contributed by atoms with Crippen LogP contribution in [0.5, 0.6) is 0 Å². The van der Waals surface area contributed by atoms with Crippen molar-refractivity contribution in [2.24, 2.45) is 0 Å². The minimum atomic E-state index is -0.518. The predicted octanol–water partition coefficient (Wildman–Crippen LogP) is 2.15. The van der Waals surface area contributed by atoms with Crippen molar-refractivity contribution < 1.29 is 9.72 Å². The molecule has 1 amide bonds. The standard InChI is InChI=1S/C18H23N5O3/c1-14-4-3-5-16(12-14)20-8-10-21(11-9-20)18(24)6-7-22-13-17(23(25)26)19-15(22)2/h3-5,12-13H,6-11H2,1-2H3. The Morgan fingerprint density at radius 2 is 1.96 bits per heavy atom. The van der Waals surface area contributed by atoms with Gasteiger partial charge in [0.2, 0.25) is 11.7 Å². The van der Waals surface area contributed by atoms with E-state index in [4.69, 9.17) is 0 Å². The van der Waals surface area contributed by atoms with E-state index in [-0.39, 0.29) is 11.7 Å². The molecule has 1 aliphatic heterocycles. The fraction of sp³-hybridized carbons (Fsp3) is 0.444. The van der Waals surface area contributed by atoms with Gasteiger partial charge in [-0.15, -0.1) is 0 Å². The van der Waals surface area contributed by atoms with Crippen molar-refractivity contribution in [2.75, 3.05) is 31.1 Å². The van der Waals surface area contributed by atoms with Crippen molar-refractivity contribution in [1.82, 2.24) is 14.5 Å². The summed E-state index contributed by atoms with van der Waals surface area (Å²) in [5.41, 5.74) is 2.42. The highest BCUT2D eigenvalue weighted by Crippen LogP contribution is 2.18. The van der Waals surface area contributed by atoms with Crippen LogP contribution in [0.3, 0.4) is 0 Å².